The fourth-order valence-electron chi connectivity index (χ4n) is 3.53. The minimum Gasteiger partial charge on any atom is -0.489 e. The number of carbonyl (C=O) groups excluding carboxylic acids is 1. The number of aryl methyl sites for hydroxylation is 1. The third-order valence-corrected chi connectivity index (χ3v) is 5.05. The second kappa shape index (κ2) is 9.66. The number of hydrogen-bond donors (Lipinski definition) is 1. The number of allylic oxidation sites excluding steroid dienone is 3. The van der Waals surface area contributed by atoms with Gasteiger partial charge in [-0.15, -0.1) is 0 Å². The van der Waals surface area contributed by atoms with E-state index in [1.807, 2.05) is 52.0 Å². The standard InChI is InChI=1S/C26H31NO3/c1-17(2)15-30-26(28)25-20(5)27-19(4)14-23(25)22-8-6-7-9-24(22)29-16-21-12-10-18(3)11-13-21/h6-14,17,23,27H,15-16H2,1-5H3. The fourth-order valence-corrected chi connectivity index (χ4v) is 3.53. The first-order valence-corrected chi connectivity index (χ1v) is 10.5. The molecule has 0 amide bonds. The lowest BCUT2D eigenvalue weighted by molar-refractivity contribution is -0.140. The molecule has 1 aliphatic heterocycles. The second-order valence-electron chi connectivity index (χ2n) is 8.30. The average Bonchev–Trinajstić information content (AvgIpc) is 2.71. The van der Waals surface area contributed by atoms with Gasteiger partial charge in [-0.2, -0.15) is 0 Å². The molecule has 1 atom stereocenters. The molecular weight excluding hydrogens is 374 g/mol. The molecule has 4 heteroatoms. The van der Waals surface area contributed by atoms with Crippen LogP contribution in [0.5, 0.6) is 5.75 Å². The lowest BCUT2D eigenvalue weighted by atomic mass is 9.86. The molecule has 158 valence electrons. The van der Waals surface area contributed by atoms with Gasteiger partial charge in [0.2, 0.25) is 0 Å². The van der Waals surface area contributed by atoms with Crippen molar-refractivity contribution >= 4 is 5.97 Å². The van der Waals surface area contributed by atoms with Crippen LogP contribution < -0.4 is 10.1 Å². The van der Waals surface area contributed by atoms with Crippen molar-refractivity contribution in [1.29, 1.82) is 0 Å². The molecule has 0 spiro atoms. The Hall–Kier alpha value is -3.01. The maximum Gasteiger partial charge on any atom is 0.336 e. The van der Waals surface area contributed by atoms with E-state index in [9.17, 15) is 4.79 Å². The molecule has 2 aromatic carbocycles. The van der Waals surface area contributed by atoms with E-state index in [1.54, 1.807) is 0 Å². The van der Waals surface area contributed by atoms with Gasteiger partial charge in [-0.1, -0.05) is 68.0 Å². The molecule has 1 unspecified atom stereocenters. The van der Waals surface area contributed by atoms with Crippen LogP contribution in [0.15, 0.2) is 71.6 Å². The molecule has 2 aromatic rings. The Bertz CT molecular complexity index is 954. The van der Waals surface area contributed by atoms with Crippen molar-refractivity contribution in [1.82, 2.24) is 5.32 Å². The largest absolute Gasteiger partial charge is 0.489 e. The highest BCUT2D eigenvalue weighted by molar-refractivity contribution is 5.92. The molecule has 0 fully saturated rings. The number of ether oxygens (including phenoxy) is 2. The SMILES string of the molecule is CC1=CC(c2ccccc2OCc2ccc(C)cc2)C(C(=O)OCC(C)C)=C(C)N1. The van der Waals surface area contributed by atoms with Crippen LogP contribution in [0.4, 0.5) is 0 Å². The first kappa shape index (κ1) is 21.7. The van der Waals surface area contributed by atoms with Gasteiger partial charge in [0.1, 0.15) is 12.4 Å². The highest BCUT2D eigenvalue weighted by atomic mass is 16.5. The van der Waals surface area contributed by atoms with Gasteiger partial charge in [0.05, 0.1) is 12.2 Å². The molecule has 0 bridgehead atoms. The van der Waals surface area contributed by atoms with Gasteiger partial charge in [-0.05, 0) is 38.3 Å². The van der Waals surface area contributed by atoms with Crippen LogP contribution in [-0.2, 0) is 16.1 Å². The predicted molar refractivity (Wildman–Crippen MR) is 120 cm³/mol. The summed E-state index contributed by atoms with van der Waals surface area (Å²) in [4.78, 5) is 12.9. The van der Waals surface area contributed by atoms with Crippen LogP contribution in [0.3, 0.4) is 0 Å². The molecule has 0 aliphatic carbocycles. The number of nitrogens with one attached hydrogen (secondary N) is 1. The maximum absolute atomic E-state index is 12.9. The third-order valence-electron chi connectivity index (χ3n) is 5.05. The number of dihydropyridines is 1. The molecule has 3 rings (SSSR count). The van der Waals surface area contributed by atoms with E-state index in [0.29, 0.717) is 18.8 Å². The predicted octanol–water partition coefficient (Wildman–Crippen LogP) is 5.64. The lowest BCUT2D eigenvalue weighted by Crippen LogP contribution is -2.26. The van der Waals surface area contributed by atoms with E-state index in [4.69, 9.17) is 9.47 Å². The summed E-state index contributed by atoms with van der Waals surface area (Å²) in [7, 11) is 0. The number of hydrogen-bond acceptors (Lipinski definition) is 4. The highest BCUT2D eigenvalue weighted by Gasteiger charge is 2.30. The summed E-state index contributed by atoms with van der Waals surface area (Å²) in [5.41, 5.74) is 5.75. The van der Waals surface area contributed by atoms with Crippen LogP contribution in [0.25, 0.3) is 0 Å². The Balaban J connectivity index is 1.89. The lowest BCUT2D eigenvalue weighted by Gasteiger charge is -2.27. The Kier molecular flexibility index (Phi) is 6.99. The highest BCUT2D eigenvalue weighted by Crippen LogP contribution is 2.37. The van der Waals surface area contributed by atoms with Gasteiger partial charge in [0.25, 0.3) is 0 Å². The second-order valence-corrected chi connectivity index (χ2v) is 8.30. The van der Waals surface area contributed by atoms with E-state index in [2.05, 4.69) is 42.6 Å². The molecule has 0 radical (unpaired) electrons. The maximum atomic E-state index is 12.9. The topological polar surface area (TPSA) is 47.6 Å². The molecular formula is C26H31NO3. The Morgan fingerprint density at radius 3 is 2.43 bits per heavy atom. The third kappa shape index (κ3) is 5.32. The van der Waals surface area contributed by atoms with E-state index in [1.165, 1.54) is 5.56 Å². The molecule has 0 saturated carbocycles. The summed E-state index contributed by atoms with van der Waals surface area (Å²) in [5.74, 6) is 0.555. The van der Waals surface area contributed by atoms with Gasteiger partial charge in [-0.3, -0.25) is 0 Å². The zero-order valence-electron chi connectivity index (χ0n) is 18.5. The van der Waals surface area contributed by atoms with E-state index >= 15 is 0 Å². The number of rotatable bonds is 7. The zero-order chi connectivity index (χ0) is 21.7. The minimum absolute atomic E-state index is 0.222. The summed E-state index contributed by atoms with van der Waals surface area (Å²) in [6, 6.07) is 16.2. The van der Waals surface area contributed by atoms with Crippen LogP contribution in [0.1, 0.15) is 50.3 Å². The zero-order valence-corrected chi connectivity index (χ0v) is 18.5. The summed E-state index contributed by atoms with van der Waals surface area (Å²) in [6.07, 6.45) is 2.06. The summed E-state index contributed by atoms with van der Waals surface area (Å²) >= 11 is 0. The summed E-state index contributed by atoms with van der Waals surface area (Å²) in [5, 5.41) is 3.28. The molecule has 1 heterocycles. The molecule has 0 saturated heterocycles. The van der Waals surface area contributed by atoms with Gasteiger partial charge < -0.3 is 14.8 Å². The molecule has 1 N–H and O–H groups in total. The van der Waals surface area contributed by atoms with Crippen molar-refractivity contribution in [2.75, 3.05) is 6.61 Å². The normalized spacial score (nSPS) is 16.2. The van der Waals surface area contributed by atoms with Gasteiger partial charge in [-0.25, -0.2) is 4.79 Å². The Labute approximate surface area is 179 Å². The number of carbonyl (C=O) groups is 1. The minimum atomic E-state index is -0.282. The van der Waals surface area contributed by atoms with Crippen LogP contribution >= 0.6 is 0 Å². The van der Waals surface area contributed by atoms with E-state index < -0.39 is 0 Å². The monoisotopic (exact) mass is 405 g/mol. The average molecular weight is 406 g/mol. The summed E-state index contributed by atoms with van der Waals surface area (Å²) < 4.78 is 11.8. The molecule has 0 aromatic heterocycles. The Morgan fingerprint density at radius 2 is 1.73 bits per heavy atom. The van der Waals surface area contributed by atoms with Crippen LogP contribution in [-0.4, -0.2) is 12.6 Å². The Morgan fingerprint density at radius 1 is 1.03 bits per heavy atom. The smallest absolute Gasteiger partial charge is 0.336 e. The van der Waals surface area contributed by atoms with Crippen molar-refractivity contribution in [3.63, 3.8) is 0 Å². The van der Waals surface area contributed by atoms with Crippen molar-refractivity contribution in [3.05, 3.63) is 88.3 Å². The van der Waals surface area contributed by atoms with Crippen LogP contribution in [0, 0.1) is 12.8 Å². The number of esters is 1. The molecule has 1 aliphatic rings. The van der Waals surface area contributed by atoms with E-state index in [0.717, 1.165) is 28.3 Å². The van der Waals surface area contributed by atoms with Crippen molar-refractivity contribution < 1.29 is 14.3 Å². The van der Waals surface area contributed by atoms with Gasteiger partial charge in [0, 0.05) is 22.9 Å². The quantitative estimate of drug-likeness (QED) is 0.606. The first-order chi connectivity index (χ1) is 14.3. The van der Waals surface area contributed by atoms with Gasteiger partial charge >= 0.3 is 5.97 Å². The van der Waals surface area contributed by atoms with Crippen molar-refractivity contribution in [3.8, 4) is 5.75 Å². The molecule has 30 heavy (non-hydrogen) atoms. The first-order valence-electron chi connectivity index (χ1n) is 10.5. The summed E-state index contributed by atoms with van der Waals surface area (Å²) in [6.45, 7) is 10.9. The molecule has 4 nitrogen and oxygen atoms in total. The van der Waals surface area contributed by atoms with Crippen molar-refractivity contribution in [2.24, 2.45) is 5.92 Å². The van der Waals surface area contributed by atoms with Gasteiger partial charge in [0.15, 0.2) is 0 Å². The fraction of sp³-hybridized carbons (Fsp3) is 0.346. The van der Waals surface area contributed by atoms with Crippen molar-refractivity contribution in [2.45, 2.75) is 47.1 Å². The number of para-hydroxylation sites is 1. The van der Waals surface area contributed by atoms with E-state index in [-0.39, 0.29) is 17.8 Å². The number of benzene rings is 2. The van der Waals surface area contributed by atoms with Crippen LogP contribution in [0.2, 0.25) is 0 Å².